The molecule has 0 atom stereocenters. The monoisotopic (exact) mass is 148 g/mol. The number of hydrogen-bond donors (Lipinski definition) is 2. The van der Waals surface area contributed by atoms with E-state index in [1.54, 1.807) is 7.11 Å². The van der Waals surface area contributed by atoms with Crippen molar-refractivity contribution >= 4 is 8.32 Å². The molecule has 0 radical (unpaired) electrons. The van der Waals surface area contributed by atoms with Gasteiger partial charge in [-0.25, -0.2) is 0 Å². The molecular weight excluding hydrogens is 132 g/mol. The van der Waals surface area contributed by atoms with Gasteiger partial charge in [-0.15, -0.1) is 0 Å². The second-order valence-electron chi connectivity index (χ2n) is 2.59. The van der Waals surface area contributed by atoms with Crippen molar-refractivity contribution in [3.63, 3.8) is 0 Å². The first-order valence-corrected chi connectivity index (χ1v) is 6.20. The van der Waals surface area contributed by atoms with Crippen LogP contribution in [0.15, 0.2) is 0 Å². The van der Waals surface area contributed by atoms with Crippen LogP contribution in [0.2, 0.25) is 13.1 Å². The van der Waals surface area contributed by atoms with E-state index in [9.17, 15) is 0 Å². The van der Waals surface area contributed by atoms with Gasteiger partial charge in [0.1, 0.15) is 0 Å². The average Bonchev–Trinajstić information content (AvgIpc) is 1.84. The standard InChI is InChI=1S/C5H16N2OSi/c1-8-9(2,3)5-7-4-6/h7H,4-6H2,1-3H3. The van der Waals surface area contributed by atoms with E-state index in [0.29, 0.717) is 6.67 Å². The molecule has 0 aliphatic heterocycles. The third-order valence-electron chi connectivity index (χ3n) is 1.25. The van der Waals surface area contributed by atoms with E-state index in [2.05, 4.69) is 18.4 Å². The second kappa shape index (κ2) is 4.00. The van der Waals surface area contributed by atoms with Crippen LogP contribution < -0.4 is 11.1 Å². The van der Waals surface area contributed by atoms with Crippen molar-refractivity contribution in [3.05, 3.63) is 0 Å². The first kappa shape index (κ1) is 9.10. The van der Waals surface area contributed by atoms with Crippen molar-refractivity contribution in [2.45, 2.75) is 13.1 Å². The highest BCUT2D eigenvalue weighted by Crippen LogP contribution is 1.98. The molecule has 56 valence electrons. The summed E-state index contributed by atoms with van der Waals surface area (Å²) in [7, 11) is 0.365. The Morgan fingerprint density at radius 1 is 1.56 bits per heavy atom. The first-order chi connectivity index (χ1) is 4.12. The predicted molar refractivity (Wildman–Crippen MR) is 41.5 cm³/mol. The molecule has 0 saturated carbocycles. The average molecular weight is 148 g/mol. The summed E-state index contributed by atoms with van der Waals surface area (Å²) in [4.78, 5) is 0. The molecule has 0 aliphatic rings. The van der Waals surface area contributed by atoms with Crippen LogP contribution in [0.1, 0.15) is 0 Å². The molecule has 9 heavy (non-hydrogen) atoms. The molecule has 0 saturated heterocycles. The smallest absolute Gasteiger partial charge is 0.199 e. The van der Waals surface area contributed by atoms with E-state index in [1.807, 2.05) is 0 Å². The summed E-state index contributed by atoms with van der Waals surface area (Å²) in [6, 6.07) is 0. The van der Waals surface area contributed by atoms with Crippen LogP contribution in [0.4, 0.5) is 0 Å². The summed E-state index contributed by atoms with van der Waals surface area (Å²) in [5, 5.41) is 3.05. The van der Waals surface area contributed by atoms with Gasteiger partial charge in [0.05, 0.1) is 0 Å². The SMILES string of the molecule is CO[Si](C)(C)CNCN. The van der Waals surface area contributed by atoms with E-state index in [0.717, 1.165) is 6.17 Å². The van der Waals surface area contributed by atoms with Crippen LogP contribution in [0.3, 0.4) is 0 Å². The van der Waals surface area contributed by atoms with Gasteiger partial charge in [0.15, 0.2) is 8.32 Å². The maximum atomic E-state index is 5.26. The molecule has 4 heteroatoms. The van der Waals surface area contributed by atoms with Crippen molar-refractivity contribution in [2.75, 3.05) is 19.9 Å². The van der Waals surface area contributed by atoms with E-state index in [4.69, 9.17) is 10.2 Å². The maximum Gasteiger partial charge on any atom is 0.199 e. The van der Waals surface area contributed by atoms with Crippen LogP contribution >= 0.6 is 0 Å². The lowest BCUT2D eigenvalue weighted by molar-refractivity contribution is 0.400. The molecule has 0 amide bonds. The van der Waals surface area contributed by atoms with Gasteiger partial charge in [0, 0.05) is 19.9 Å². The summed E-state index contributed by atoms with van der Waals surface area (Å²) in [6.45, 7) is 4.84. The molecular formula is C5H16N2OSi. The Morgan fingerprint density at radius 2 is 2.11 bits per heavy atom. The van der Waals surface area contributed by atoms with Gasteiger partial charge < -0.3 is 15.5 Å². The van der Waals surface area contributed by atoms with Gasteiger partial charge in [-0.2, -0.15) is 0 Å². The molecule has 0 unspecified atom stereocenters. The zero-order chi connectivity index (χ0) is 7.33. The second-order valence-corrected chi connectivity index (χ2v) is 6.88. The molecule has 0 bridgehead atoms. The Morgan fingerprint density at radius 3 is 2.44 bits per heavy atom. The Hall–Kier alpha value is 0.0969. The minimum absolute atomic E-state index is 0.541. The van der Waals surface area contributed by atoms with Crippen molar-refractivity contribution in [2.24, 2.45) is 5.73 Å². The maximum absolute atomic E-state index is 5.26. The molecule has 3 N–H and O–H groups in total. The van der Waals surface area contributed by atoms with Gasteiger partial charge in [0.25, 0.3) is 0 Å². The van der Waals surface area contributed by atoms with Crippen LogP contribution in [0, 0.1) is 0 Å². The number of rotatable bonds is 4. The van der Waals surface area contributed by atoms with E-state index < -0.39 is 8.32 Å². The summed E-state index contributed by atoms with van der Waals surface area (Å²) >= 11 is 0. The van der Waals surface area contributed by atoms with Gasteiger partial charge in [0.2, 0.25) is 0 Å². The minimum Gasteiger partial charge on any atom is -0.419 e. The lowest BCUT2D eigenvalue weighted by Gasteiger charge is -2.19. The fourth-order valence-electron chi connectivity index (χ4n) is 0.445. The van der Waals surface area contributed by atoms with Gasteiger partial charge in [-0.3, -0.25) is 0 Å². The summed E-state index contributed by atoms with van der Waals surface area (Å²) in [5.74, 6) is 0. The molecule has 0 aromatic carbocycles. The van der Waals surface area contributed by atoms with E-state index in [1.165, 1.54) is 0 Å². The molecule has 0 heterocycles. The Labute approximate surface area is 57.7 Å². The molecule has 0 aromatic rings. The molecule has 0 spiro atoms. The van der Waals surface area contributed by atoms with Gasteiger partial charge >= 0.3 is 0 Å². The summed E-state index contributed by atoms with van der Waals surface area (Å²) < 4.78 is 5.26. The van der Waals surface area contributed by atoms with E-state index in [-0.39, 0.29) is 0 Å². The predicted octanol–water partition coefficient (Wildman–Crippen LogP) is -0.117. The first-order valence-electron chi connectivity index (χ1n) is 3.08. The zero-order valence-electron chi connectivity index (χ0n) is 6.40. The van der Waals surface area contributed by atoms with Crippen molar-refractivity contribution in [1.82, 2.24) is 5.32 Å². The van der Waals surface area contributed by atoms with Gasteiger partial charge in [-0.05, 0) is 13.1 Å². The molecule has 0 rings (SSSR count). The number of nitrogens with two attached hydrogens (primary N) is 1. The van der Waals surface area contributed by atoms with Crippen LogP contribution in [-0.2, 0) is 4.43 Å². The topological polar surface area (TPSA) is 47.3 Å². The Kier molecular flexibility index (Phi) is 4.04. The highest BCUT2D eigenvalue weighted by molar-refractivity contribution is 6.71. The Balaban J connectivity index is 3.33. The lowest BCUT2D eigenvalue weighted by Crippen LogP contribution is -2.43. The van der Waals surface area contributed by atoms with Crippen molar-refractivity contribution in [3.8, 4) is 0 Å². The molecule has 0 fully saturated rings. The highest BCUT2D eigenvalue weighted by Gasteiger charge is 2.18. The summed E-state index contributed by atoms with van der Waals surface area (Å²) in [6.07, 6.45) is 0.931. The highest BCUT2D eigenvalue weighted by atomic mass is 28.4. The number of hydrogen-bond acceptors (Lipinski definition) is 3. The number of nitrogens with one attached hydrogen (secondary N) is 1. The fourth-order valence-corrected chi connectivity index (χ4v) is 1.34. The zero-order valence-corrected chi connectivity index (χ0v) is 7.40. The van der Waals surface area contributed by atoms with Crippen molar-refractivity contribution in [1.29, 1.82) is 0 Å². The van der Waals surface area contributed by atoms with Crippen molar-refractivity contribution < 1.29 is 4.43 Å². The van der Waals surface area contributed by atoms with E-state index >= 15 is 0 Å². The molecule has 0 aromatic heterocycles. The molecule has 0 aliphatic carbocycles. The summed E-state index contributed by atoms with van der Waals surface area (Å²) in [5.41, 5.74) is 5.25. The third kappa shape index (κ3) is 4.59. The van der Waals surface area contributed by atoms with Crippen LogP contribution in [-0.4, -0.2) is 28.3 Å². The quantitative estimate of drug-likeness (QED) is 0.432. The fraction of sp³-hybridized carbons (Fsp3) is 1.00. The van der Waals surface area contributed by atoms with Gasteiger partial charge in [-0.1, -0.05) is 0 Å². The normalized spacial score (nSPS) is 12.0. The lowest BCUT2D eigenvalue weighted by atomic mass is 11.1. The Bertz CT molecular complexity index is 77.4. The van der Waals surface area contributed by atoms with Crippen LogP contribution in [0.25, 0.3) is 0 Å². The van der Waals surface area contributed by atoms with Crippen LogP contribution in [0.5, 0.6) is 0 Å². The molecule has 3 nitrogen and oxygen atoms in total. The largest absolute Gasteiger partial charge is 0.419 e. The third-order valence-corrected chi connectivity index (χ3v) is 3.45. The minimum atomic E-state index is -1.39.